The van der Waals surface area contributed by atoms with Gasteiger partial charge in [0.2, 0.25) is 0 Å². The van der Waals surface area contributed by atoms with Gasteiger partial charge in [0, 0.05) is 6.42 Å². The molecule has 2 atom stereocenters. The lowest BCUT2D eigenvalue weighted by Gasteiger charge is -2.41. The van der Waals surface area contributed by atoms with Crippen molar-refractivity contribution >= 4 is 5.71 Å². The van der Waals surface area contributed by atoms with Crippen molar-refractivity contribution in [3.8, 4) is 0 Å². The van der Waals surface area contributed by atoms with Crippen LogP contribution >= 0.6 is 0 Å². The first-order valence-electron chi connectivity index (χ1n) is 4.64. The highest BCUT2D eigenvalue weighted by atomic mass is 16.4. The Balaban J connectivity index is 2.15. The second kappa shape index (κ2) is 2.73. The van der Waals surface area contributed by atoms with Gasteiger partial charge in [-0.05, 0) is 31.6 Å². The van der Waals surface area contributed by atoms with E-state index in [4.69, 9.17) is 5.21 Å². The average Bonchev–Trinajstić information content (AvgIpc) is 2.02. The summed E-state index contributed by atoms with van der Waals surface area (Å²) in [6.45, 7) is 0. The quantitative estimate of drug-likeness (QED) is 0.427. The topological polar surface area (TPSA) is 52.8 Å². The lowest BCUT2D eigenvalue weighted by Crippen LogP contribution is -2.42. The van der Waals surface area contributed by atoms with Crippen LogP contribution < -0.4 is 0 Å². The Bertz CT molecular complexity index is 215. The highest BCUT2D eigenvalue weighted by molar-refractivity contribution is 5.86. The van der Waals surface area contributed by atoms with Crippen LogP contribution in [0.3, 0.4) is 0 Å². The molecule has 2 fully saturated rings. The van der Waals surface area contributed by atoms with Gasteiger partial charge in [-0.2, -0.15) is 0 Å². The van der Waals surface area contributed by atoms with E-state index in [0.29, 0.717) is 12.3 Å². The molecular formula is C9H15NO2. The molecule has 0 heterocycles. The molecular weight excluding hydrogens is 154 g/mol. The number of rotatable bonds is 0. The fourth-order valence-corrected chi connectivity index (χ4v) is 2.66. The molecule has 68 valence electrons. The molecule has 0 aliphatic heterocycles. The minimum absolute atomic E-state index is 0.539. The molecule has 2 aliphatic carbocycles. The van der Waals surface area contributed by atoms with Gasteiger partial charge in [0.1, 0.15) is 0 Å². The molecule has 2 aliphatic rings. The van der Waals surface area contributed by atoms with Crippen LogP contribution in [0, 0.1) is 5.92 Å². The molecule has 0 aromatic heterocycles. The molecule has 2 unspecified atom stereocenters. The van der Waals surface area contributed by atoms with Crippen LogP contribution in [0.15, 0.2) is 5.16 Å². The zero-order chi connectivity index (χ0) is 8.60. The summed E-state index contributed by atoms with van der Waals surface area (Å²) in [5, 5.41) is 21.9. The summed E-state index contributed by atoms with van der Waals surface area (Å²) in [5.74, 6) is 0.559. The van der Waals surface area contributed by atoms with Gasteiger partial charge in [0.25, 0.3) is 0 Å². The highest BCUT2D eigenvalue weighted by Crippen LogP contribution is 2.41. The van der Waals surface area contributed by atoms with Crippen LogP contribution in [0.4, 0.5) is 0 Å². The largest absolute Gasteiger partial charge is 0.411 e. The van der Waals surface area contributed by atoms with Gasteiger partial charge in [-0.25, -0.2) is 0 Å². The van der Waals surface area contributed by atoms with E-state index in [2.05, 4.69) is 5.16 Å². The van der Waals surface area contributed by atoms with Gasteiger partial charge in [-0.3, -0.25) is 0 Å². The minimum atomic E-state index is -0.539. The summed E-state index contributed by atoms with van der Waals surface area (Å²) in [5.41, 5.74) is 0.247. The molecule has 2 saturated carbocycles. The number of nitrogens with zero attached hydrogens (tertiary/aromatic N) is 1. The van der Waals surface area contributed by atoms with Crippen molar-refractivity contribution in [2.45, 2.75) is 44.1 Å². The van der Waals surface area contributed by atoms with E-state index >= 15 is 0 Å². The Hall–Kier alpha value is -0.570. The van der Waals surface area contributed by atoms with Crippen LogP contribution in [0.25, 0.3) is 0 Å². The van der Waals surface area contributed by atoms with Crippen molar-refractivity contribution in [1.82, 2.24) is 0 Å². The number of hydrogen-bond acceptors (Lipinski definition) is 3. The van der Waals surface area contributed by atoms with Crippen LogP contribution in [0.5, 0.6) is 0 Å². The molecule has 0 spiro atoms. The van der Waals surface area contributed by atoms with Crippen molar-refractivity contribution in [1.29, 1.82) is 0 Å². The molecule has 2 N–H and O–H groups in total. The molecule has 3 nitrogen and oxygen atoms in total. The van der Waals surface area contributed by atoms with Crippen molar-refractivity contribution in [3.63, 3.8) is 0 Å². The summed E-state index contributed by atoms with van der Waals surface area (Å²) in [7, 11) is 0. The molecule has 0 amide bonds. The van der Waals surface area contributed by atoms with E-state index in [1.807, 2.05) is 0 Å². The first-order chi connectivity index (χ1) is 5.72. The standard InChI is InChI=1S/C9H15NO2/c11-9-3-1-2-7(5-9)4-8(6-9)10-12/h7,11-12H,1-6H2/b10-8+. The summed E-state index contributed by atoms with van der Waals surface area (Å²) in [4.78, 5) is 0. The minimum Gasteiger partial charge on any atom is -0.411 e. The lowest BCUT2D eigenvalue weighted by atomic mass is 9.68. The van der Waals surface area contributed by atoms with E-state index < -0.39 is 5.60 Å². The van der Waals surface area contributed by atoms with Gasteiger partial charge >= 0.3 is 0 Å². The molecule has 0 radical (unpaired) electrons. The zero-order valence-corrected chi connectivity index (χ0v) is 7.16. The first kappa shape index (κ1) is 8.05. The predicted octanol–water partition coefficient (Wildman–Crippen LogP) is 1.53. The second-order valence-corrected chi connectivity index (χ2v) is 4.23. The van der Waals surface area contributed by atoms with Crippen molar-refractivity contribution in [2.75, 3.05) is 0 Å². The van der Waals surface area contributed by atoms with Crippen LogP contribution in [-0.4, -0.2) is 21.6 Å². The summed E-state index contributed by atoms with van der Waals surface area (Å²) < 4.78 is 0. The summed E-state index contributed by atoms with van der Waals surface area (Å²) in [6.07, 6.45) is 5.56. The summed E-state index contributed by atoms with van der Waals surface area (Å²) >= 11 is 0. The van der Waals surface area contributed by atoms with Gasteiger partial charge in [0.15, 0.2) is 0 Å². The van der Waals surface area contributed by atoms with Crippen molar-refractivity contribution < 1.29 is 10.3 Å². The number of aliphatic hydroxyl groups is 1. The van der Waals surface area contributed by atoms with Crippen LogP contribution in [-0.2, 0) is 0 Å². The van der Waals surface area contributed by atoms with E-state index in [-0.39, 0.29) is 0 Å². The van der Waals surface area contributed by atoms with Crippen molar-refractivity contribution in [3.05, 3.63) is 0 Å². The third-order valence-electron chi connectivity index (χ3n) is 3.12. The Morgan fingerprint density at radius 3 is 3.00 bits per heavy atom. The van der Waals surface area contributed by atoms with E-state index in [1.165, 1.54) is 6.42 Å². The van der Waals surface area contributed by atoms with Gasteiger partial charge < -0.3 is 10.3 Å². The molecule has 0 aromatic carbocycles. The Morgan fingerprint density at radius 1 is 1.50 bits per heavy atom. The summed E-state index contributed by atoms with van der Waals surface area (Å²) in [6, 6.07) is 0. The smallest absolute Gasteiger partial charge is 0.0703 e. The highest BCUT2D eigenvalue weighted by Gasteiger charge is 2.40. The predicted molar refractivity (Wildman–Crippen MR) is 45.4 cm³/mol. The number of oxime groups is 1. The maximum atomic E-state index is 10.0. The Labute approximate surface area is 72.1 Å². The Morgan fingerprint density at radius 2 is 2.33 bits per heavy atom. The van der Waals surface area contributed by atoms with Gasteiger partial charge in [-0.1, -0.05) is 11.6 Å². The average molecular weight is 169 g/mol. The normalized spacial score (nSPS) is 44.8. The Kier molecular flexibility index (Phi) is 1.83. The SMILES string of the molecule is O/N=C1\CC2CCCC(O)(C1)C2. The van der Waals surface area contributed by atoms with Crippen molar-refractivity contribution in [2.24, 2.45) is 11.1 Å². The molecule has 0 saturated heterocycles. The molecule has 0 aromatic rings. The number of fused-ring (bicyclic) bond motifs is 2. The van der Waals surface area contributed by atoms with Crippen LogP contribution in [0.1, 0.15) is 38.5 Å². The fourth-order valence-electron chi connectivity index (χ4n) is 2.66. The van der Waals surface area contributed by atoms with Gasteiger partial charge in [-0.15, -0.1) is 0 Å². The van der Waals surface area contributed by atoms with E-state index in [0.717, 1.165) is 31.4 Å². The maximum Gasteiger partial charge on any atom is 0.0703 e. The first-order valence-corrected chi connectivity index (χ1v) is 4.64. The molecule has 2 rings (SSSR count). The molecule has 3 heteroatoms. The van der Waals surface area contributed by atoms with E-state index in [9.17, 15) is 5.11 Å². The maximum absolute atomic E-state index is 10.0. The number of hydrogen-bond donors (Lipinski definition) is 2. The second-order valence-electron chi connectivity index (χ2n) is 4.23. The third-order valence-corrected chi connectivity index (χ3v) is 3.12. The molecule has 2 bridgehead atoms. The lowest BCUT2D eigenvalue weighted by molar-refractivity contribution is -0.0189. The monoisotopic (exact) mass is 169 g/mol. The van der Waals surface area contributed by atoms with E-state index in [1.54, 1.807) is 0 Å². The van der Waals surface area contributed by atoms with Gasteiger partial charge in [0.05, 0.1) is 11.3 Å². The third kappa shape index (κ3) is 1.33. The fraction of sp³-hybridized carbons (Fsp3) is 0.889. The van der Waals surface area contributed by atoms with Crippen LogP contribution in [0.2, 0.25) is 0 Å². The molecule has 12 heavy (non-hydrogen) atoms. The zero-order valence-electron chi connectivity index (χ0n) is 7.16.